The molecule has 3 aromatic heterocycles. The van der Waals surface area contributed by atoms with E-state index in [1.807, 2.05) is 32.0 Å². The van der Waals surface area contributed by atoms with E-state index in [1.54, 1.807) is 61.9 Å². The van der Waals surface area contributed by atoms with Crippen molar-refractivity contribution in [3.05, 3.63) is 89.9 Å². The number of ether oxygens (including phenoxy) is 1. The van der Waals surface area contributed by atoms with Gasteiger partial charge in [0.2, 0.25) is 0 Å². The maximum atomic E-state index is 13.0. The van der Waals surface area contributed by atoms with Crippen LogP contribution >= 0.6 is 0 Å². The number of aromatic nitrogens is 2. The second-order valence-corrected chi connectivity index (χ2v) is 8.62. The van der Waals surface area contributed by atoms with E-state index in [0.29, 0.717) is 46.0 Å². The second-order valence-electron chi connectivity index (χ2n) is 8.62. The number of esters is 1. The first-order valence-corrected chi connectivity index (χ1v) is 11.9. The Labute approximate surface area is 213 Å². The van der Waals surface area contributed by atoms with E-state index in [4.69, 9.17) is 23.5 Å². The topological polar surface area (TPSA) is 107 Å². The summed E-state index contributed by atoms with van der Waals surface area (Å²) in [6.07, 6.45) is 2.49. The summed E-state index contributed by atoms with van der Waals surface area (Å²) in [7, 11) is 0. The van der Waals surface area contributed by atoms with Gasteiger partial charge in [0.15, 0.2) is 17.6 Å². The number of nitrogens with zero attached hydrogens (tertiary/aromatic N) is 2. The van der Waals surface area contributed by atoms with Gasteiger partial charge in [-0.1, -0.05) is 19.1 Å². The summed E-state index contributed by atoms with van der Waals surface area (Å²) < 4.78 is 16.7. The Bertz CT molecular complexity index is 1570. The molecule has 8 nitrogen and oxygen atoms in total. The molecule has 0 spiro atoms. The number of aryl methyl sites for hydroxylation is 1. The third-order valence-electron chi connectivity index (χ3n) is 6.18. The van der Waals surface area contributed by atoms with Gasteiger partial charge in [0, 0.05) is 5.69 Å². The summed E-state index contributed by atoms with van der Waals surface area (Å²) in [5, 5.41) is 2.87. The van der Waals surface area contributed by atoms with Crippen LogP contribution in [0.2, 0.25) is 0 Å². The van der Waals surface area contributed by atoms with Crippen molar-refractivity contribution < 1.29 is 23.2 Å². The molecular weight excluding hydrogens is 470 g/mol. The summed E-state index contributed by atoms with van der Waals surface area (Å²) in [6.45, 7) is 5.69. The van der Waals surface area contributed by atoms with Crippen LogP contribution in [0, 0.1) is 13.8 Å². The molecule has 0 aliphatic carbocycles. The number of nitrogens with one attached hydrogen (secondary N) is 1. The molecule has 1 atom stereocenters. The zero-order chi connectivity index (χ0) is 25.9. The van der Waals surface area contributed by atoms with Crippen molar-refractivity contribution in [1.29, 1.82) is 0 Å². The number of carbonyl (C=O) groups excluding carboxylic acids is 2. The summed E-state index contributed by atoms with van der Waals surface area (Å²) in [4.78, 5) is 35.3. The van der Waals surface area contributed by atoms with Crippen LogP contribution in [-0.2, 0) is 9.53 Å². The number of hydrogen-bond donors (Lipinski definition) is 1. The lowest BCUT2D eigenvalue weighted by molar-refractivity contribution is -0.124. The molecule has 2 aromatic carbocycles. The minimum Gasteiger partial charge on any atom is -0.463 e. The van der Waals surface area contributed by atoms with Crippen molar-refractivity contribution in [2.24, 2.45) is 0 Å². The van der Waals surface area contributed by atoms with E-state index in [-0.39, 0.29) is 11.5 Å². The smallest absolute Gasteiger partial charge is 0.338 e. The van der Waals surface area contributed by atoms with Gasteiger partial charge in [-0.2, -0.15) is 0 Å². The van der Waals surface area contributed by atoms with Crippen LogP contribution < -0.4 is 5.32 Å². The summed E-state index contributed by atoms with van der Waals surface area (Å²) >= 11 is 0. The Morgan fingerprint density at radius 3 is 2.19 bits per heavy atom. The molecule has 5 aromatic rings. The molecule has 0 saturated carbocycles. The predicted octanol–water partition coefficient (Wildman–Crippen LogP) is 6.34. The van der Waals surface area contributed by atoms with Crippen LogP contribution in [0.4, 0.5) is 5.69 Å². The van der Waals surface area contributed by atoms with E-state index in [1.165, 1.54) is 0 Å². The van der Waals surface area contributed by atoms with Crippen molar-refractivity contribution in [2.45, 2.75) is 33.3 Å². The van der Waals surface area contributed by atoms with E-state index >= 15 is 0 Å². The highest BCUT2D eigenvalue weighted by Gasteiger charge is 2.24. The molecule has 1 amide bonds. The zero-order valence-corrected chi connectivity index (χ0v) is 20.6. The Balaban J connectivity index is 1.42. The lowest BCUT2D eigenvalue weighted by atomic mass is 10.1. The number of amides is 1. The van der Waals surface area contributed by atoms with Crippen LogP contribution in [0.25, 0.3) is 33.9 Å². The lowest BCUT2D eigenvalue weighted by Gasteiger charge is -2.17. The van der Waals surface area contributed by atoms with Crippen LogP contribution in [0.3, 0.4) is 0 Å². The summed E-state index contributed by atoms with van der Waals surface area (Å²) in [5.41, 5.74) is 5.03. The Kier molecular flexibility index (Phi) is 6.55. The first-order valence-electron chi connectivity index (χ1n) is 11.9. The van der Waals surface area contributed by atoms with Gasteiger partial charge in [0.25, 0.3) is 5.91 Å². The molecule has 0 aliphatic rings. The fourth-order valence-corrected chi connectivity index (χ4v) is 3.97. The van der Waals surface area contributed by atoms with Gasteiger partial charge in [-0.3, -0.25) is 4.79 Å². The third kappa shape index (κ3) is 4.86. The number of furan rings is 2. The maximum absolute atomic E-state index is 13.0. The molecule has 1 N–H and O–H groups in total. The van der Waals surface area contributed by atoms with E-state index < -0.39 is 12.1 Å². The highest BCUT2D eigenvalue weighted by atomic mass is 16.5. The van der Waals surface area contributed by atoms with E-state index in [0.717, 1.165) is 11.1 Å². The normalized spacial score (nSPS) is 11.9. The maximum Gasteiger partial charge on any atom is 0.338 e. The lowest BCUT2D eigenvalue weighted by Crippen LogP contribution is -2.32. The average Bonchev–Trinajstić information content (AvgIpc) is 3.63. The molecule has 0 saturated heterocycles. The van der Waals surface area contributed by atoms with Crippen LogP contribution in [0.15, 0.2) is 82.0 Å². The first kappa shape index (κ1) is 24.0. The van der Waals surface area contributed by atoms with Crippen molar-refractivity contribution in [1.82, 2.24) is 9.97 Å². The number of fused-ring (bicyclic) bond motifs is 1. The average molecular weight is 496 g/mol. The molecule has 3 heterocycles. The fourth-order valence-electron chi connectivity index (χ4n) is 3.97. The summed E-state index contributed by atoms with van der Waals surface area (Å²) in [5.74, 6) is 0.0579. The number of hydrogen-bond acceptors (Lipinski definition) is 7. The molecule has 0 fully saturated rings. The number of carbonyl (C=O) groups is 2. The number of anilines is 1. The van der Waals surface area contributed by atoms with Crippen molar-refractivity contribution >= 4 is 28.6 Å². The van der Waals surface area contributed by atoms with Gasteiger partial charge < -0.3 is 18.9 Å². The monoisotopic (exact) mass is 495 g/mol. The standard InChI is InChI=1S/C29H25N3O5/c1-4-23(28(33)32-20-9-5-8-17(2)18(20)3)37-29(34)19-12-13-21-22(16-19)31-27(25-11-7-15-36-25)26(30-21)24-10-6-14-35-24/h5-16,23H,4H2,1-3H3,(H,32,33). The molecule has 37 heavy (non-hydrogen) atoms. The third-order valence-corrected chi connectivity index (χ3v) is 6.18. The Hall–Kier alpha value is -4.72. The molecule has 186 valence electrons. The van der Waals surface area contributed by atoms with Crippen molar-refractivity contribution in [3.63, 3.8) is 0 Å². The quantitative estimate of drug-likeness (QED) is 0.262. The van der Waals surface area contributed by atoms with Crippen molar-refractivity contribution in [2.75, 3.05) is 5.32 Å². The number of rotatable bonds is 7. The molecule has 0 bridgehead atoms. The minimum atomic E-state index is -0.950. The molecule has 1 unspecified atom stereocenters. The molecule has 5 rings (SSSR count). The van der Waals surface area contributed by atoms with Gasteiger partial charge in [0.05, 0.1) is 29.1 Å². The largest absolute Gasteiger partial charge is 0.463 e. The predicted molar refractivity (Wildman–Crippen MR) is 139 cm³/mol. The summed E-state index contributed by atoms with van der Waals surface area (Å²) in [6, 6.07) is 17.7. The van der Waals surface area contributed by atoms with E-state index in [9.17, 15) is 9.59 Å². The highest BCUT2D eigenvalue weighted by Crippen LogP contribution is 2.32. The highest BCUT2D eigenvalue weighted by molar-refractivity contribution is 5.99. The molecular formula is C29H25N3O5. The van der Waals surface area contributed by atoms with Gasteiger partial charge >= 0.3 is 5.97 Å². The van der Waals surface area contributed by atoms with Gasteiger partial charge in [0.1, 0.15) is 11.4 Å². The van der Waals surface area contributed by atoms with Gasteiger partial charge in [-0.25, -0.2) is 14.8 Å². The minimum absolute atomic E-state index is 0.260. The van der Waals surface area contributed by atoms with Gasteiger partial charge in [-0.05, 0) is 79.9 Å². The SMILES string of the molecule is CCC(OC(=O)c1ccc2nc(-c3ccco3)c(-c3ccco3)nc2c1)C(=O)Nc1cccc(C)c1C. The van der Waals surface area contributed by atoms with Crippen LogP contribution in [0.1, 0.15) is 34.8 Å². The van der Waals surface area contributed by atoms with Crippen LogP contribution in [0.5, 0.6) is 0 Å². The Morgan fingerprint density at radius 1 is 0.892 bits per heavy atom. The molecule has 0 aliphatic heterocycles. The zero-order valence-electron chi connectivity index (χ0n) is 20.6. The first-order chi connectivity index (χ1) is 17.9. The Morgan fingerprint density at radius 2 is 1.57 bits per heavy atom. The second kappa shape index (κ2) is 10.1. The number of benzene rings is 2. The van der Waals surface area contributed by atoms with Crippen LogP contribution in [-0.4, -0.2) is 27.9 Å². The molecule has 0 radical (unpaired) electrons. The van der Waals surface area contributed by atoms with E-state index in [2.05, 4.69) is 5.32 Å². The fraction of sp³-hybridized carbons (Fsp3) is 0.172. The molecule has 8 heteroatoms. The van der Waals surface area contributed by atoms with Gasteiger partial charge in [-0.15, -0.1) is 0 Å². The van der Waals surface area contributed by atoms with Crippen molar-refractivity contribution in [3.8, 4) is 22.9 Å².